The van der Waals surface area contributed by atoms with Crippen LogP contribution in [0.3, 0.4) is 0 Å². The van der Waals surface area contributed by atoms with E-state index in [1.807, 2.05) is 97.1 Å². The molecular formula is C36H36N3O5P. The zero-order valence-corrected chi connectivity index (χ0v) is 25.9. The number of anilines is 1. The van der Waals surface area contributed by atoms with Crippen molar-refractivity contribution in [2.45, 2.75) is 25.6 Å². The molecule has 0 amide bonds. The van der Waals surface area contributed by atoms with E-state index in [0.717, 1.165) is 16.7 Å². The van der Waals surface area contributed by atoms with E-state index in [9.17, 15) is 0 Å². The molecule has 0 saturated heterocycles. The van der Waals surface area contributed by atoms with Crippen molar-refractivity contribution < 1.29 is 23.1 Å². The van der Waals surface area contributed by atoms with Gasteiger partial charge in [0, 0.05) is 11.3 Å². The Bertz CT molecular complexity index is 1670. The Kier molecular flexibility index (Phi) is 10.7. The van der Waals surface area contributed by atoms with Crippen LogP contribution in [0.5, 0.6) is 11.5 Å². The zero-order chi connectivity index (χ0) is 31.5. The maximum atomic E-state index is 15.0. The van der Waals surface area contributed by atoms with Crippen LogP contribution in [0.15, 0.2) is 133 Å². The lowest BCUT2D eigenvalue weighted by atomic mass is 10.1. The number of hydrogen-bond acceptors (Lipinski definition) is 7. The smallest absolute Gasteiger partial charge is 0.357 e. The van der Waals surface area contributed by atoms with Gasteiger partial charge in [0.05, 0.1) is 20.3 Å². The minimum atomic E-state index is -3.96. The molecule has 0 fully saturated rings. The van der Waals surface area contributed by atoms with Gasteiger partial charge in [-0.1, -0.05) is 97.1 Å². The molecule has 0 aromatic heterocycles. The highest BCUT2D eigenvalue weighted by molar-refractivity contribution is 7.54. The van der Waals surface area contributed by atoms with Crippen molar-refractivity contribution in [1.29, 1.82) is 5.41 Å². The van der Waals surface area contributed by atoms with E-state index in [1.165, 1.54) is 0 Å². The van der Waals surface area contributed by atoms with Crippen LogP contribution < -0.4 is 20.5 Å². The molecule has 0 aliphatic heterocycles. The van der Waals surface area contributed by atoms with Gasteiger partial charge in [0.25, 0.3) is 0 Å². The highest BCUT2D eigenvalue weighted by Gasteiger charge is 2.38. The van der Waals surface area contributed by atoms with Gasteiger partial charge in [-0.2, -0.15) is 0 Å². The normalized spacial score (nSPS) is 11.8. The average Bonchev–Trinajstić information content (AvgIpc) is 3.09. The minimum absolute atomic E-state index is 0.0445. The molecule has 4 N–H and O–H groups in total. The summed E-state index contributed by atoms with van der Waals surface area (Å²) in [5.74, 6) is 0.0295. The molecule has 0 aliphatic carbocycles. The molecule has 5 aromatic carbocycles. The Balaban J connectivity index is 1.51. The van der Waals surface area contributed by atoms with Gasteiger partial charge in [-0.15, -0.1) is 0 Å². The summed E-state index contributed by atoms with van der Waals surface area (Å²) in [6.07, 6.45) is 0. The monoisotopic (exact) mass is 621 g/mol. The van der Waals surface area contributed by atoms with E-state index in [0.29, 0.717) is 34.9 Å². The van der Waals surface area contributed by atoms with Crippen molar-refractivity contribution in [3.05, 3.63) is 161 Å². The van der Waals surface area contributed by atoms with Gasteiger partial charge in [0.15, 0.2) is 17.3 Å². The van der Waals surface area contributed by atoms with Gasteiger partial charge in [-0.3, -0.25) is 9.97 Å². The summed E-state index contributed by atoms with van der Waals surface area (Å²) in [5, 5.41) is 11.1. The first-order valence-corrected chi connectivity index (χ1v) is 16.1. The predicted molar refractivity (Wildman–Crippen MR) is 178 cm³/mol. The van der Waals surface area contributed by atoms with Crippen molar-refractivity contribution in [1.82, 2.24) is 0 Å². The fourth-order valence-electron chi connectivity index (χ4n) is 4.62. The first-order valence-electron chi connectivity index (χ1n) is 14.5. The highest BCUT2D eigenvalue weighted by Crippen LogP contribution is 2.62. The van der Waals surface area contributed by atoms with E-state index in [-0.39, 0.29) is 19.0 Å². The Labute approximate surface area is 263 Å². The molecule has 0 saturated carbocycles. The number of amidine groups is 1. The molecule has 8 nitrogen and oxygen atoms in total. The van der Waals surface area contributed by atoms with Gasteiger partial charge in [-0.25, -0.2) is 0 Å². The molecule has 0 radical (unpaired) electrons. The van der Waals surface area contributed by atoms with Crippen LogP contribution in [0.4, 0.5) is 5.69 Å². The summed E-state index contributed by atoms with van der Waals surface area (Å²) in [7, 11) is -2.40. The lowest BCUT2D eigenvalue weighted by molar-refractivity contribution is 0.185. The summed E-state index contributed by atoms with van der Waals surface area (Å²) in [5.41, 5.74) is 10.2. The molecule has 45 heavy (non-hydrogen) atoms. The van der Waals surface area contributed by atoms with Crippen LogP contribution in [0.1, 0.15) is 33.6 Å². The molecule has 230 valence electrons. The lowest BCUT2D eigenvalue weighted by Crippen LogP contribution is -2.16. The fourth-order valence-corrected chi connectivity index (χ4v) is 6.49. The summed E-state index contributed by atoms with van der Waals surface area (Å²) in [4.78, 5) is 0. The van der Waals surface area contributed by atoms with Crippen molar-refractivity contribution in [2.75, 3.05) is 12.4 Å². The third-order valence-corrected chi connectivity index (χ3v) is 9.10. The number of ether oxygens (including phenoxy) is 2. The Morgan fingerprint density at radius 2 is 1.22 bits per heavy atom. The van der Waals surface area contributed by atoms with Crippen molar-refractivity contribution in [3.63, 3.8) is 0 Å². The number of methoxy groups -OCH3 is 1. The second-order valence-electron chi connectivity index (χ2n) is 10.3. The molecule has 0 spiro atoms. The van der Waals surface area contributed by atoms with Crippen LogP contribution in [0.2, 0.25) is 0 Å². The van der Waals surface area contributed by atoms with Crippen molar-refractivity contribution in [3.8, 4) is 11.5 Å². The summed E-state index contributed by atoms with van der Waals surface area (Å²) in [6, 6.07) is 41.3. The number of nitrogens with one attached hydrogen (secondary N) is 2. The van der Waals surface area contributed by atoms with E-state index in [4.69, 9.17) is 29.7 Å². The third-order valence-electron chi connectivity index (χ3n) is 7.06. The molecule has 0 heterocycles. The quantitative estimate of drug-likeness (QED) is 0.0612. The maximum Gasteiger partial charge on any atom is 0.357 e. The SMILES string of the molecule is COc1cc(C(Nc2ccc(C(=N)N)cc2)P(=O)(OCc2ccccc2)OCc2ccccc2)ccc1OCc1ccccc1. The molecule has 0 bridgehead atoms. The van der Waals surface area contributed by atoms with Crippen LogP contribution in [-0.2, 0) is 33.4 Å². The first kappa shape index (κ1) is 31.5. The van der Waals surface area contributed by atoms with E-state index in [1.54, 1.807) is 43.5 Å². The van der Waals surface area contributed by atoms with E-state index < -0.39 is 13.4 Å². The molecular weight excluding hydrogens is 585 g/mol. The number of nitrogen functional groups attached to an aromatic ring is 1. The second-order valence-corrected chi connectivity index (χ2v) is 12.4. The number of benzene rings is 5. The van der Waals surface area contributed by atoms with Crippen LogP contribution >= 0.6 is 7.60 Å². The van der Waals surface area contributed by atoms with Crippen LogP contribution in [-0.4, -0.2) is 12.9 Å². The first-order chi connectivity index (χ1) is 21.9. The number of nitrogens with two attached hydrogens (primary N) is 1. The van der Waals surface area contributed by atoms with Crippen molar-refractivity contribution in [2.24, 2.45) is 5.73 Å². The highest BCUT2D eigenvalue weighted by atomic mass is 31.2. The number of rotatable bonds is 15. The number of hydrogen-bond donors (Lipinski definition) is 3. The second kappa shape index (κ2) is 15.2. The molecule has 1 unspecified atom stereocenters. The molecule has 5 rings (SSSR count). The molecule has 1 atom stereocenters. The average molecular weight is 622 g/mol. The Morgan fingerprint density at radius 1 is 0.711 bits per heavy atom. The summed E-state index contributed by atoms with van der Waals surface area (Å²) >= 11 is 0. The van der Waals surface area contributed by atoms with Gasteiger partial charge in [0.2, 0.25) is 0 Å². The molecule has 9 heteroatoms. The Hall–Kier alpha value is -4.88. The standard InChI is InChI=1S/C36H36N3O5P/c1-41-34-23-31(19-22-33(34)42-24-27-11-5-2-6-12-27)36(39-32-20-17-30(18-21-32)35(37)38)45(40,43-25-28-13-7-3-8-14-28)44-26-29-15-9-4-10-16-29/h2-23,36,39H,24-26H2,1H3,(H3,37,38). The van der Waals surface area contributed by atoms with Gasteiger partial charge in [-0.05, 0) is 58.7 Å². The predicted octanol–water partition coefficient (Wildman–Crippen LogP) is 8.30. The van der Waals surface area contributed by atoms with Gasteiger partial charge in [0.1, 0.15) is 12.4 Å². The topological polar surface area (TPSA) is 116 Å². The van der Waals surface area contributed by atoms with Crippen LogP contribution in [0, 0.1) is 5.41 Å². The van der Waals surface area contributed by atoms with Crippen molar-refractivity contribution >= 4 is 19.1 Å². The molecule has 5 aromatic rings. The largest absolute Gasteiger partial charge is 0.493 e. The minimum Gasteiger partial charge on any atom is -0.493 e. The lowest BCUT2D eigenvalue weighted by Gasteiger charge is -2.29. The van der Waals surface area contributed by atoms with Crippen LogP contribution in [0.25, 0.3) is 0 Å². The fraction of sp³-hybridized carbons (Fsp3) is 0.139. The van der Waals surface area contributed by atoms with Gasteiger partial charge < -0.3 is 29.6 Å². The third kappa shape index (κ3) is 8.61. The molecule has 0 aliphatic rings. The summed E-state index contributed by atoms with van der Waals surface area (Å²) in [6.45, 7) is 0.507. The summed E-state index contributed by atoms with van der Waals surface area (Å²) < 4.78 is 39.3. The zero-order valence-electron chi connectivity index (χ0n) is 25.0. The van der Waals surface area contributed by atoms with Gasteiger partial charge >= 0.3 is 7.60 Å². The van der Waals surface area contributed by atoms with E-state index >= 15 is 4.57 Å². The Morgan fingerprint density at radius 3 is 1.71 bits per heavy atom. The van der Waals surface area contributed by atoms with E-state index in [2.05, 4.69) is 5.32 Å². The maximum absolute atomic E-state index is 15.0.